The summed E-state index contributed by atoms with van der Waals surface area (Å²) in [6.07, 6.45) is 30.8. The van der Waals surface area contributed by atoms with Crippen molar-refractivity contribution in [3.05, 3.63) is 0 Å². The highest BCUT2D eigenvalue weighted by molar-refractivity contribution is 7.23. The summed E-state index contributed by atoms with van der Waals surface area (Å²) in [5.74, 6) is 0. The van der Waals surface area contributed by atoms with Gasteiger partial charge in [-0.3, -0.25) is 0 Å². The molecule has 0 saturated heterocycles. The zero-order valence-electron chi connectivity index (χ0n) is 17.5. The molecule has 0 spiro atoms. The molecule has 0 aromatic carbocycles. The Morgan fingerprint density at radius 2 is 0.640 bits per heavy atom. The molecule has 0 rings (SSSR count). The lowest BCUT2D eigenvalue weighted by Crippen LogP contribution is -1.84. The Balaban J connectivity index is 2.95. The van der Waals surface area contributed by atoms with E-state index in [-0.39, 0.29) is 8.46 Å². The Hall–Kier alpha value is 0.100. The maximum Gasteiger partial charge on any atom is 0.324 e. The lowest BCUT2D eigenvalue weighted by Gasteiger charge is -2.04. The van der Waals surface area contributed by atoms with E-state index in [2.05, 4.69) is 6.92 Å². The van der Waals surface area contributed by atoms with Crippen LogP contribution in [0.5, 0.6) is 0 Å². The standard InChI is InChI=1S/C23H47OP/c1-2-3-4-5-6-7-8-9-10-11-12-13-14-15-16-17-18-19-20-21-22-23-25-24/h2-23H2,1H3/p+1. The van der Waals surface area contributed by atoms with Crippen molar-refractivity contribution in [2.24, 2.45) is 0 Å². The molecule has 1 atom stereocenters. The van der Waals surface area contributed by atoms with Crippen molar-refractivity contribution in [2.45, 2.75) is 142 Å². The van der Waals surface area contributed by atoms with E-state index in [1.54, 1.807) is 0 Å². The molecule has 0 radical (unpaired) electrons. The third kappa shape index (κ3) is 24.1. The van der Waals surface area contributed by atoms with E-state index in [1.165, 1.54) is 135 Å². The summed E-state index contributed by atoms with van der Waals surface area (Å²) in [6, 6.07) is 0. The van der Waals surface area contributed by atoms with E-state index in [4.69, 9.17) is 0 Å². The van der Waals surface area contributed by atoms with Gasteiger partial charge in [0.05, 0.1) is 0 Å². The largest absolute Gasteiger partial charge is 0.324 e. The first-order valence-electron chi connectivity index (χ1n) is 11.8. The second kappa shape index (κ2) is 24.1. The zero-order chi connectivity index (χ0) is 18.3. The van der Waals surface area contributed by atoms with E-state index in [1.807, 2.05) is 0 Å². The first kappa shape index (κ1) is 25.1. The van der Waals surface area contributed by atoms with Gasteiger partial charge >= 0.3 is 8.46 Å². The van der Waals surface area contributed by atoms with Crippen molar-refractivity contribution in [2.75, 3.05) is 6.16 Å². The molecule has 0 aliphatic rings. The Bertz CT molecular complexity index is 242. The van der Waals surface area contributed by atoms with Crippen LogP contribution in [0, 0.1) is 0 Å². The molecule has 0 amide bonds. The summed E-state index contributed by atoms with van der Waals surface area (Å²) < 4.78 is 10.4. The Kier molecular flexibility index (Phi) is 24.2. The van der Waals surface area contributed by atoms with Crippen LogP contribution in [0.15, 0.2) is 0 Å². The summed E-state index contributed by atoms with van der Waals surface area (Å²) in [5, 5.41) is 0. The molecule has 1 unspecified atom stereocenters. The summed E-state index contributed by atoms with van der Waals surface area (Å²) in [5.41, 5.74) is 0. The summed E-state index contributed by atoms with van der Waals surface area (Å²) in [6.45, 7) is 2.29. The van der Waals surface area contributed by atoms with E-state index < -0.39 is 0 Å². The molecule has 1 nitrogen and oxygen atoms in total. The fourth-order valence-electron chi connectivity index (χ4n) is 3.63. The monoisotopic (exact) mass is 371 g/mol. The van der Waals surface area contributed by atoms with Crippen LogP contribution in [0.4, 0.5) is 0 Å². The molecule has 0 heterocycles. The third-order valence-electron chi connectivity index (χ3n) is 5.38. The van der Waals surface area contributed by atoms with Crippen LogP contribution < -0.4 is 0 Å². The van der Waals surface area contributed by atoms with Crippen molar-refractivity contribution in [3.63, 3.8) is 0 Å². The molecular weight excluding hydrogens is 323 g/mol. The highest BCUT2D eigenvalue weighted by Gasteiger charge is 1.96. The van der Waals surface area contributed by atoms with E-state index in [0.29, 0.717) is 0 Å². The predicted molar refractivity (Wildman–Crippen MR) is 116 cm³/mol. The Labute approximate surface area is 161 Å². The molecule has 0 saturated carbocycles. The molecular formula is C23H48OP+. The van der Waals surface area contributed by atoms with Gasteiger partial charge in [0.15, 0.2) is 0 Å². The van der Waals surface area contributed by atoms with E-state index in [9.17, 15) is 4.57 Å². The second-order valence-electron chi connectivity index (χ2n) is 7.97. The Morgan fingerprint density at radius 1 is 0.400 bits per heavy atom. The van der Waals surface area contributed by atoms with Gasteiger partial charge in [-0.05, 0) is 12.8 Å². The van der Waals surface area contributed by atoms with Gasteiger partial charge in [-0.25, -0.2) is 0 Å². The molecule has 0 aliphatic carbocycles. The SMILES string of the molecule is CCCCCCCCCCCCCCCCCCCCCCC[PH+]=O. The van der Waals surface area contributed by atoms with Crippen LogP contribution in [0.2, 0.25) is 0 Å². The number of hydrogen-bond acceptors (Lipinski definition) is 1. The van der Waals surface area contributed by atoms with Crippen molar-refractivity contribution < 1.29 is 4.57 Å². The average molecular weight is 372 g/mol. The minimum absolute atomic E-state index is 0.0819. The lowest BCUT2D eigenvalue weighted by molar-refractivity contribution is 0.521. The number of unbranched alkanes of at least 4 members (excludes halogenated alkanes) is 20. The van der Waals surface area contributed by atoms with Gasteiger partial charge in [0.2, 0.25) is 0 Å². The maximum absolute atomic E-state index is 10.4. The molecule has 0 aromatic heterocycles. The van der Waals surface area contributed by atoms with Gasteiger partial charge < -0.3 is 0 Å². The van der Waals surface area contributed by atoms with Crippen molar-refractivity contribution in [3.8, 4) is 0 Å². The van der Waals surface area contributed by atoms with Gasteiger partial charge in [-0.2, -0.15) is 0 Å². The van der Waals surface area contributed by atoms with Crippen LogP contribution in [-0.2, 0) is 4.57 Å². The molecule has 150 valence electrons. The average Bonchev–Trinajstić information content (AvgIpc) is 2.63. The first-order chi connectivity index (χ1) is 12.4. The summed E-state index contributed by atoms with van der Waals surface area (Å²) >= 11 is 0. The van der Waals surface area contributed by atoms with Crippen molar-refractivity contribution in [1.29, 1.82) is 0 Å². The molecule has 0 fully saturated rings. The van der Waals surface area contributed by atoms with E-state index in [0.717, 1.165) is 6.16 Å². The van der Waals surface area contributed by atoms with Crippen LogP contribution in [0.3, 0.4) is 0 Å². The lowest BCUT2D eigenvalue weighted by atomic mass is 10.0. The quantitative estimate of drug-likeness (QED) is 0.137. The topological polar surface area (TPSA) is 17.1 Å². The van der Waals surface area contributed by atoms with Gasteiger partial charge in [0.25, 0.3) is 0 Å². The van der Waals surface area contributed by atoms with Gasteiger partial charge in [0, 0.05) is 0 Å². The molecule has 0 aromatic rings. The molecule has 0 bridgehead atoms. The smallest absolute Gasteiger partial charge is 0.0775 e. The number of hydrogen-bond donors (Lipinski definition) is 0. The predicted octanol–water partition coefficient (Wildman–Crippen LogP) is 9.22. The van der Waals surface area contributed by atoms with Gasteiger partial charge in [-0.15, -0.1) is 0 Å². The third-order valence-corrected chi connectivity index (χ3v) is 5.94. The molecule has 2 heteroatoms. The summed E-state index contributed by atoms with van der Waals surface area (Å²) in [4.78, 5) is 0. The van der Waals surface area contributed by atoms with Crippen LogP contribution in [0.25, 0.3) is 0 Å². The minimum Gasteiger partial charge on any atom is -0.0775 e. The summed E-state index contributed by atoms with van der Waals surface area (Å²) in [7, 11) is -0.0819. The molecule has 0 aliphatic heterocycles. The Morgan fingerprint density at radius 3 is 0.880 bits per heavy atom. The molecule has 25 heavy (non-hydrogen) atoms. The maximum atomic E-state index is 10.4. The van der Waals surface area contributed by atoms with Gasteiger partial charge in [-0.1, -0.05) is 133 Å². The van der Waals surface area contributed by atoms with Gasteiger partial charge in [0.1, 0.15) is 6.16 Å². The fourth-order valence-corrected chi connectivity index (χ4v) is 4.02. The number of rotatable bonds is 22. The van der Waals surface area contributed by atoms with Crippen LogP contribution >= 0.6 is 8.46 Å². The highest BCUT2D eigenvalue weighted by atomic mass is 31.1. The normalized spacial score (nSPS) is 11.4. The van der Waals surface area contributed by atoms with Crippen LogP contribution in [-0.4, -0.2) is 6.16 Å². The van der Waals surface area contributed by atoms with Crippen LogP contribution in [0.1, 0.15) is 142 Å². The van der Waals surface area contributed by atoms with Crippen molar-refractivity contribution >= 4 is 8.46 Å². The first-order valence-corrected chi connectivity index (χ1v) is 12.9. The minimum atomic E-state index is -0.0819. The fraction of sp³-hybridized carbons (Fsp3) is 1.00. The van der Waals surface area contributed by atoms with Crippen molar-refractivity contribution in [1.82, 2.24) is 0 Å². The second-order valence-corrected chi connectivity index (χ2v) is 8.75. The molecule has 0 N–H and O–H groups in total. The zero-order valence-corrected chi connectivity index (χ0v) is 18.5. The highest BCUT2D eigenvalue weighted by Crippen LogP contribution is 2.15. The van der Waals surface area contributed by atoms with E-state index >= 15 is 0 Å².